The predicted octanol–water partition coefficient (Wildman–Crippen LogP) is 2.75. The minimum absolute atomic E-state index is 0.0541. The van der Waals surface area contributed by atoms with Crippen LogP contribution in [0.2, 0.25) is 0 Å². The maximum absolute atomic E-state index is 12.2. The molecule has 1 aromatic heterocycles. The van der Waals surface area contributed by atoms with E-state index in [4.69, 9.17) is 0 Å². The van der Waals surface area contributed by atoms with Gasteiger partial charge in [0.2, 0.25) is 0 Å². The number of allylic oxidation sites excluding steroid dienone is 2. The number of carbonyl (C=O) groups is 1. The van der Waals surface area contributed by atoms with E-state index >= 15 is 0 Å². The van der Waals surface area contributed by atoms with Gasteiger partial charge in [-0.25, -0.2) is 9.97 Å². The van der Waals surface area contributed by atoms with E-state index in [9.17, 15) is 10.1 Å². The van der Waals surface area contributed by atoms with Gasteiger partial charge in [0.25, 0.3) is 0 Å². The highest BCUT2D eigenvalue weighted by Crippen LogP contribution is 2.50. The van der Waals surface area contributed by atoms with E-state index in [1.165, 1.54) is 0 Å². The van der Waals surface area contributed by atoms with E-state index in [0.717, 1.165) is 29.7 Å². The molecule has 2 aliphatic carbocycles. The molecule has 1 aromatic carbocycles. The van der Waals surface area contributed by atoms with Gasteiger partial charge in [-0.3, -0.25) is 4.79 Å². The first-order valence-electron chi connectivity index (χ1n) is 7.76. The van der Waals surface area contributed by atoms with Crippen molar-refractivity contribution in [2.45, 2.75) is 24.7 Å². The summed E-state index contributed by atoms with van der Waals surface area (Å²) in [5.74, 6) is 0.0819. The Balaban J connectivity index is 2.06. The van der Waals surface area contributed by atoms with E-state index in [0.29, 0.717) is 6.42 Å². The average Bonchev–Trinajstić information content (AvgIpc) is 2.62. The van der Waals surface area contributed by atoms with Crippen LogP contribution in [0.3, 0.4) is 0 Å². The second-order valence-electron chi connectivity index (χ2n) is 6.16. The zero-order chi connectivity index (χ0) is 15.9. The lowest BCUT2D eigenvalue weighted by Crippen LogP contribution is -2.44. The fourth-order valence-corrected chi connectivity index (χ4v) is 4.02. The fraction of sp³-hybridized carbons (Fsp3) is 0.263. The Morgan fingerprint density at radius 2 is 2.09 bits per heavy atom. The van der Waals surface area contributed by atoms with Crippen LogP contribution >= 0.6 is 0 Å². The van der Waals surface area contributed by atoms with Crippen LogP contribution in [-0.2, 0) is 16.6 Å². The van der Waals surface area contributed by atoms with E-state index in [2.05, 4.69) is 28.2 Å². The van der Waals surface area contributed by atoms with Crippen LogP contribution in [0.15, 0.2) is 54.5 Å². The van der Waals surface area contributed by atoms with Gasteiger partial charge < -0.3 is 0 Å². The van der Waals surface area contributed by atoms with Gasteiger partial charge in [-0.2, -0.15) is 5.26 Å². The van der Waals surface area contributed by atoms with E-state index in [1.54, 1.807) is 6.33 Å². The number of fused-ring (bicyclic) bond motifs is 3. The SMILES string of the molecule is N#CC1=CC2(c3ccccc3)c3ncncc3CCC2CC1=O. The zero-order valence-corrected chi connectivity index (χ0v) is 12.6. The summed E-state index contributed by atoms with van der Waals surface area (Å²) in [5, 5.41) is 9.39. The van der Waals surface area contributed by atoms with Gasteiger partial charge in [0.05, 0.1) is 16.7 Å². The number of nitriles is 1. The summed E-state index contributed by atoms with van der Waals surface area (Å²) in [7, 11) is 0. The number of hydrogen-bond donors (Lipinski definition) is 0. The molecule has 0 fully saturated rings. The van der Waals surface area contributed by atoms with E-state index in [-0.39, 0.29) is 17.3 Å². The Morgan fingerprint density at radius 3 is 2.87 bits per heavy atom. The van der Waals surface area contributed by atoms with Gasteiger partial charge in [0, 0.05) is 12.6 Å². The molecule has 1 heterocycles. The second-order valence-corrected chi connectivity index (χ2v) is 6.16. The largest absolute Gasteiger partial charge is 0.293 e. The van der Waals surface area contributed by atoms with Crippen LogP contribution in [0.1, 0.15) is 29.7 Å². The molecule has 4 rings (SSSR count). The van der Waals surface area contributed by atoms with Crippen LogP contribution in [-0.4, -0.2) is 15.8 Å². The van der Waals surface area contributed by atoms with Crippen molar-refractivity contribution in [1.29, 1.82) is 5.26 Å². The van der Waals surface area contributed by atoms with E-state index < -0.39 is 5.41 Å². The average molecular weight is 301 g/mol. The highest BCUT2D eigenvalue weighted by molar-refractivity contribution is 6.01. The molecule has 0 amide bonds. The molecule has 0 radical (unpaired) electrons. The topological polar surface area (TPSA) is 66.6 Å². The molecule has 2 aliphatic rings. The van der Waals surface area contributed by atoms with Crippen molar-refractivity contribution in [2.75, 3.05) is 0 Å². The number of hydrogen-bond acceptors (Lipinski definition) is 4. The molecule has 0 aliphatic heterocycles. The van der Waals surface area contributed by atoms with Gasteiger partial charge in [-0.15, -0.1) is 0 Å². The normalized spacial score (nSPS) is 25.8. The minimum atomic E-state index is -0.503. The van der Waals surface area contributed by atoms with Crippen LogP contribution in [0.25, 0.3) is 0 Å². The molecule has 112 valence electrons. The minimum Gasteiger partial charge on any atom is -0.293 e. The van der Waals surface area contributed by atoms with Crippen molar-refractivity contribution in [3.63, 3.8) is 0 Å². The number of Topliss-reactive ketones (excluding diaryl/α,β-unsaturated/α-hetero) is 1. The lowest BCUT2D eigenvalue weighted by atomic mass is 9.57. The Hall–Kier alpha value is -2.80. The number of carbonyl (C=O) groups excluding carboxylic acids is 1. The maximum Gasteiger partial charge on any atom is 0.173 e. The molecule has 0 saturated carbocycles. The monoisotopic (exact) mass is 301 g/mol. The second kappa shape index (κ2) is 5.13. The lowest BCUT2D eigenvalue weighted by Gasteiger charge is -2.45. The summed E-state index contributed by atoms with van der Waals surface area (Å²) in [4.78, 5) is 21.0. The number of benzene rings is 1. The summed E-state index contributed by atoms with van der Waals surface area (Å²) in [5.41, 5.74) is 2.88. The third-order valence-corrected chi connectivity index (χ3v) is 5.06. The number of aromatic nitrogens is 2. The van der Waals surface area contributed by atoms with Gasteiger partial charge >= 0.3 is 0 Å². The highest BCUT2D eigenvalue weighted by Gasteiger charge is 2.49. The molecule has 0 saturated heterocycles. The molecule has 4 heteroatoms. The summed E-state index contributed by atoms with van der Waals surface area (Å²) in [6.45, 7) is 0. The van der Waals surface area contributed by atoms with Crippen LogP contribution < -0.4 is 0 Å². The number of ketones is 1. The first kappa shape index (κ1) is 13.8. The Labute approximate surface area is 134 Å². The highest BCUT2D eigenvalue weighted by atomic mass is 16.1. The molecular formula is C19H15N3O. The van der Waals surface area contributed by atoms with Gasteiger partial charge in [-0.05, 0) is 36.0 Å². The molecule has 2 aromatic rings. The first-order valence-corrected chi connectivity index (χ1v) is 7.76. The standard InChI is InChI=1S/C19H15N3O/c20-10-14-9-19(15-4-2-1-3-5-15)16(8-17(14)23)7-6-13-11-21-12-22-18(13)19/h1-5,9,11-12,16H,6-8H2. The molecular weight excluding hydrogens is 286 g/mol. The fourth-order valence-electron chi connectivity index (χ4n) is 4.02. The van der Waals surface area contributed by atoms with Gasteiger partial charge in [0.15, 0.2) is 5.78 Å². The predicted molar refractivity (Wildman–Crippen MR) is 84.4 cm³/mol. The molecule has 2 atom stereocenters. The lowest BCUT2D eigenvalue weighted by molar-refractivity contribution is -0.117. The van der Waals surface area contributed by atoms with Crippen LogP contribution in [0.4, 0.5) is 0 Å². The molecule has 0 bridgehead atoms. The quantitative estimate of drug-likeness (QED) is 0.812. The Bertz CT molecular complexity index is 850. The first-order chi connectivity index (χ1) is 11.3. The van der Waals surface area contributed by atoms with Crippen molar-refractivity contribution in [3.8, 4) is 6.07 Å². The summed E-state index contributed by atoms with van der Waals surface area (Å²) in [6, 6.07) is 12.2. The number of rotatable bonds is 1. The Kier molecular flexibility index (Phi) is 3.09. The van der Waals surface area contributed by atoms with Crippen LogP contribution in [0.5, 0.6) is 0 Å². The number of nitrogens with zero attached hydrogens (tertiary/aromatic N) is 3. The van der Waals surface area contributed by atoms with E-state index in [1.807, 2.05) is 30.5 Å². The summed E-state index contributed by atoms with van der Waals surface area (Å²) in [6.07, 6.45) is 7.44. The van der Waals surface area contributed by atoms with Gasteiger partial charge in [0.1, 0.15) is 12.4 Å². The third kappa shape index (κ3) is 1.93. The van der Waals surface area contributed by atoms with Crippen molar-refractivity contribution in [2.24, 2.45) is 5.92 Å². The number of aryl methyl sites for hydroxylation is 1. The molecule has 23 heavy (non-hydrogen) atoms. The smallest absolute Gasteiger partial charge is 0.173 e. The molecule has 4 nitrogen and oxygen atoms in total. The Morgan fingerprint density at radius 1 is 1.26 bits per heavy atom. The maximum atomic E-state index is 12.2. The molecule has 2 unspecified atom stereocenters. The zero-order valence-electron chi connectivity index (χ0n) is 12.6. The van der Waals surface area contributed by atoms with Crippen molar-refractivity contribution in [3.05, 3.63) is 71.3 Å². The third-order valence-electron chi connectivity index (χ3n) is 5.06. The van der Waals surface area contributed by atoms with Crippen molar-refractivity contribution < 1.29 is 4.79 Å². The van der Waals surface area contributed by atoms with Gasteiger partial charge in [-0.1, -0.05) is 30.3 Å². The molecule has 0 spiro atoms. The van der Waals surface area contributed by atoms with Crippen molar-refractivity contribution in [1.82, 2.24) is 9.97 Å². The molecule has 0 N–H and O–H groups in total. The van der Waals surface area contributed by atoms with Crippen LogP contribution in [0, 0.1) is 17.2 Å². The summed E-state index contributed by atoms with van der Waals surface area (Å²) >= 11 is 0. The van der Waals surface area contributed by atoms with Crippen molar-refractivity contribution >= 4 is 5.78 Å². The summed E-state index contributed by atoms with van der Waals surface area (Å²) < 4.78 is 0.